The molecule has 0 unspecified atom stereocenters. The molecule has 4 aromatic carbocycles. The normalized spacial score (nSPS) is 14.3. The number of anilines is 1. The van der Waals surface area contributed by atoms with Gasteiger partial charge in [-0.3, -0.25) is 4.79 Å². The number of carbonyl (C=O) groups excluding carboxylic acids is 1. The molecule has 0 radical (unpaired) electrons. The predicted molar refractivity (Wildman–Crippen MR) is 141 cm³/mol. The van der Waals surface area contributed by atoms with Crippen LogP contribution in [-0.4, -0.2) is 16.1 Å². The van der Waals surface area contributed by atoms with E-state index in [9.17, 15) is 28.2 Å². The average Bonchev–Trinajstić information content (AvgIpc) is 3.16. The maximum Gasteiger partial charge on any atom is 0.416 e. The average molecular weight is 518 g/mol. The molecule has 4 nitrogen and oxygen atoms in total. The van der Waals surface area contributed by atoms with Crippen LogP contribution in [0.2, 0.25) is 0 Å². The van der Waals surface area contributed by atoms with Crippen LogP contribution in [0.25, 0.3) is 11.1 Å². The molecule has 0 aliphatic carbocycles. The van der Waals surface area contributed by atoms with Crippen LogP contribution in [0.5, 0.6) is 11.5 Å². The fourth-order valence-electron chi connectivity index (χ4n) is 5.45. The zero-order valence-corrected chi connectivity index (χ0v) is 21.3. The van der Waals surface area contributed by atoms with Crippen molar-refractivity contribution in [3.05, 3.63) is 111 Å². The third-order valence-corrected chi connectivity index (χ3v) is 7.38. The van der Waals surface area contributed by atoms with E-state index in [0.29, 0.717) is 55.8 Å². The van der Waals surface area contributed by atoms with E-state index in [1.807, 2.05) is 0 Å². The van der Waals surface area contributed by atoms with E-state index in [-0.39, 0.29) is 17.4 Å². The van der Waals surface area contributed by atoms with Gasteiger partial charge in [-0.25, -0.2) is 0 Å². The van der Waals surface area contributed by atoms with Crippen LogP contribution in [0, 0.1) is 27.7 Å². The lowest BCUT2D eigenvalue weighted by Crippen LogP contribution is -2.37. The van der Waals surface area contributed by atoms with Gasteiger partial charge >= 0.3 is 6.18 Å². The number of nitrogens with one attached hydrogen (secondary N) is 1. The van der Waals surface area contributed by atoms with Gasteiger partial charge in [-0.05, 0) is 90.4 Å². The number of fused-ring (bicyclic) bond motifs is 1. The zero-order chi connectivity index (χ0) is 27.6. The molecule has 0 bridgehead atoms. The molecule has 0 fully saturated rings. The van der Waals surface area contributed by atoms with Crippen LogP contribution in [0.3, 0.4) is 0 Å². The summed E-state index contributed by atoms with van der Waals surface area (Å²) in [7, 11) is 0. The number of hydrogen-bond acceptors (Lipinski definition) is 3. The number of aromatic hydroxyl groups is 2. The van der Waals surface area contributed by atoms with Crippen molar-refractivity contribution in [3.63, 3.8) is 0 Å². The number of hydrogen-bond donors (Lipinski definition) is 3. The minimum Gasteiger partial charge on any atom is -0.507 e. The second-order valence-electron chi connectivity index (χ2n) is 9.96. The maximum absolute atomic E-state index is 14.0. The third kappa shape index (κ3) is 3.81. The van der Waals surface area contributed by atoms with E-state index in [2.05, 4.69) is 5.32 Å². The van der Waals surface area contributed by atoms with Crippen molar-refractivity contribution in [2.24, 2.45) is 0 Å². The topological polar surface area (TPSA) is 69.6 Å². The van der Waals surface area contributed by atoms with E-state index < -0.39 is 17.2 Å². The molecule has 38 heavy (non-hydrogen) atoms. The summed E-state index contributed by atoms with van der Waals surface area (Å²) in [6, 6.07) is 17.3. The Morgan fingerprint density at radius 2 is 1.21 bits per heavy atom. The Labute approximate surface area is 218 Å². The Hall–Kier alpha value is -4.26. The first-order chi connectivity index (χ1) is 17.8. The van der Waals surface area contributed by atoms with Crippen LogP contribution in [0.1, 0.15) is 44.5 Å². The first-order valence-electron chi connectivity index (χ1n) is 12.1. The zero-order valence-electron chi connectivity index (χ0n) is 21.3. The van der Waals surface area contributed by atoms with Gasteiger partial charge in [0.15, 0.2) is 0 Å². The van der Waals surface area contributed by atoms with Crippen LogP contribution in [-0.2, 0) is 16.4 Å². The first kappa shape index (κ1) is 25.4. The molecular weight excluding hydrogens is 491 g/mol. The van der Waals surface area contributed by atoms with E-state index in [4.69, 9.17) is 0 Å². The summed E-state index contributed by atoms with van der Waals surface area (Å²) in [5.74, 6) is -0.0522. The summed E-state index contributed by atoms with van der Waals surface area (Å²) in [5, 5.41) is 23.8. The van der Waals surface area contributed by atoms with Crippen molar-refractivity contribution in [1.82, 2.24) is 0 Å². The Kier molecular flexibility index (Phi) is 5.78. The van der Waals surface area contributed by atoms with Crippen molar-refractivity contribution < 1.29 is 28.2 Å². The minimum absolute atomic E-state index is 0.139. The SMILES string of the molecule is Cc1cc(C2(c3cc(C)c(O)c(C)c3)C(=O)Nc3cc(-c4cccc(C(F)(F)F)c4)ccc32)cc(C)c1O. The second kappa shape index (κ2) is 8.65. The van der Waals surface area contributed by atoms with Crippen LogP contribution in [0.4, 0.5) is 18.9 Å². The molecule has 7 heteroatoms. The molecule has 0 saturated heterocycles. The summed E-state index contributed by atoms with van der Waals surface area (Å²) in [6.07, 6.45) is -4.47. The Morgan fingerprint density at radius 3 is 1.71 bits per heavy atom. The van der Waals surface area contributed by atoms with Crippen molar-refractivity contribution in [1.29, 1.82) is 0 Å². The quantitative estimate of drug-likeness (QED) is 0.267. The number of phenolic OH excluding ortho intramolecular Hbond substituents is 2. The number of benzene rings is 4. The van der Waals surface area contributed by atoms with Crippen molar-refractivity contribution in [2.75, 3.05) is 5.32 Å². The number of carbonyl (C=O) groups is 1. The molecular formula is C31H26F3NO3. The van der Waals surface area contributed by atoms with Gasteiger partial charge < -0.3 is 15.5 Å². The number of amides is 1. The predicted octanol–water partition coefficient (Wildman–Crippen LogP) is 7.30. The minimum atomic E-state index is -4.47. The second-order valence-corrected chi connectivity index (χ2v) is 9.96. The lowest BCUT2D eigenvalue weighted by molar-refractivity contribution is -0.137. The van der Waals surface area contributed by atoms with Gasteiger partial charge in [-0.15, -0.1) is 0 Å². The number of halogens is 3. The molecule has 1 aliphatic heterocycles. The number of rotatable bonds is 3. The van der Waals surface area contributed by atoms with Crippen LogP contribution < -0.4 is 5.32 Å². The highest BCUT2D eigenvalue weighted by Crippen LogP contribution is 2.50. The summed E-state index contributed by atoms with van der Waals surface area (Å²) < 4.78 is 40.0. The van der Waals surface area contributed by atoms with E-state index in [1.165, 1.54) is 6.07 Å². The van der Waals surface area contributed by atoms with Crippen LogP contribution in [0.15, 0.2) is 66.7 Å². The fourth-order valence-corrected chi connectivity index (χ4v) is 5.45. The summed E-state index contributed by atoms with van der Waals surface area (Å²) in [6.45, 7) is 7.05. The third-order valence-electron chi connectivity index (χ3n) is 7.38. The number of phenols is 2. The molecule has 1 amide bonds. The molecule has 5 rings (SSSR count). The number of alkyl halides is 3. The van der Waals surface area contributed by atoms with Gasteiger partial charge in [0.25, 0.3) is 0 Å². The highest BCUT2D eigenvalue weighted by molar-refractivity contribution is 6.12. The molecule has 3 N–H and O–H groups in total. The van der Waals surface area contributed by atoms with Crippen molar-refractivity contribution in [3.8, 4) is 22.6 Å². The lowest BCUT2D eigenvalue weighted by atomic mass is 9.68. The molecule has 1 aliphatic rings. The monoisotopic (exact) mass is 517 g/mol. The standard InChI is InChI=1S/C31H26F3NO3/c1-16-10-23(11-17(2)27(16)36)30(24-12-18(3)28(37)19(4)13-24)25-9-8-21(15-26(25)35-29(30)38)20-6-5-7-22(14-20)31(32,33)34/h5-15,36-37H,1-4H3,(H,35,38). The van der Waals surface area contributed by atoms with Gasteiger partial charge in [0.05, 0.1) is 5.56 Å². The molecule has 1 heterocycles. The molecule has 0 saturated carbocycles. The Morgan fingerprint density at radius 1 is 0.711 bits per heavy atom. The highest BCUT2D eigenvalue weighted by Gasteiger charge is 2.50. The molecule has 0 aromatic heterocycles. The molecule has 4 aromatic rings. The van der Waals surface area contributed by atoms with Crippen molar-refractivity contribution in [2.45, 2.75) is 39.3 Å². The van der Waals surface area contributed by atoms with Crippen molar-refractivity contribution >= 4 is 11.6 Å². The van der Waals surface area contributed by atoms with Gasteiger partial charge in [0.1, 0.15) is 16.9 Å². The lowest BCUT2D eigenvalue weighted by Gasteiger charge is -2.31. The molecule has 0 spiro atoms. The maximum atomic E-state index is 14.0. The highest BCUT2D eigenvalue weighted by atomic mass is 19.4. The summed E-state index contributed by atoms with van der Waals surface area (Å²) in [5.41, 5.74) is 3.65. The Balaban J connectivity index is 1.78. The largest absolute Gasteiger partial charge is 0.507 e. The van der Waals surface area contributed by atoms with Gasteiger partial charge in [0, 0.05) is 11.3 Å². The smallest absolute Gasteiger partial charge is 0.416 e. The summed E-state index contributed by atoms with van der Waals surface area (Å²) >= 11 is 0. The van der Waals surface area contributed by atoms with Gasteiger partial charge in [-0.2, -0.15) is 13.2 Å². The molecule has 0 atom stereocenters. The fraction of sp³-hybridized carbons (Fsp3) is 0.194. The van der Waals surface area contributed by atoms with Gasteiger partial charge in [-0.1, -0.05) is 48.5 Å². The van der Waals surface area contributed by atoms with E-state index >= 15 is 0 Å². The van der Waals surface area contributed by atoms with E-state index in [1.54, 1.807) is 76.2 Å². The first-order valence-corrected chi connectivity index (χ1v) is 12.1. The summed E-state index contributed by atoms with van der Waals surface area (Å²) in [4.78, 5) is 14.0. The molecule has 194 valence electrons. The van der Waals surface area contributed by atoms with E-state index in [0.717, 1.165) is 12.1 Å². The number of aryl methyl sites for hydroxylation is 4. The van der Waals surface area contributed by atoms with Gasteiger partial charge in [0.2, 0.25) is 5.91 Å². The Bertz CT molecular complexity index is 1520. The van der Waals surface area contributed by atoms with Crippen LogP contribution >= 0.6 is 0 Å².